The molecule has 1 saturated heterocycles. The zero-order chi connectivity index (χ0) is 23.1. The number of esters is 1. The fraction of sp³-hybridized carbons (Fsp3) is 0.400. The Hall–Kier alpha value is -2.71. The SMILES string of the molecule is CNC(=O)C1CCC[N+](CC(=O)Nc2c(C)cccc2C(=O)OC)(Cc2ccccc2)C1.[Br-]. The number of para-hydroxylation sites is 1. The number of nitrogens with zero attached hydrogens (tertiary/aromatic N) is 1. The molecule has 2 N–H and O–H groups in total. The number of aryl methyl sites for hydroxylation is 1. The summed E-state index contributed by atoms with van der Waals surface area (Å²) >= 11 is 0. The van der Waals surface area contributed by atoms with Crippen molar-refractivity contribution in [2.45, 2.75) is 26.3 Å². The van der Waals surface area contributed by atoms with Crippen molar-refractivity contribution in [2.75, 3.05) is 39.1 Å². The summed E-state index contributed by atoms with van der Waals surface area (Å²) in [6.07, 6.45) is 1.69. The van der Waals surface area contributed by atoms with Gasteiger partial charge in [0.15, 0.2) is 6.54 Å². The van der Waals surface area contributed by atoms with Crippen LogP contribution in [0, 0.1) is 12.8 Å². The molecule has 3 rings (SSSR count). The van der Waals surface area contributed by atoms with E-state index < -0.39 is 5.97 Å². The summed E-state index contributed by atoms with van der Waals surface area (Å²) < 4.78 is 5.37. The number of carbonyl (C=O) groups is 3. The van der Waals surface area contributed by atoms with Gasteiger partial charge in [0.2, 0.25) is 5.91 Å². The fourth-order valence-corrected chi connectivity index (χ4v) is 4.65. The molecule has 0 saturated carbocycles. The number of amides is 2. The number of anilines is 1. The minimum Gasteiger partial charge on any atom is -1.00 e. The molecule has 1 aliphatic rings. The van der Waals surface area contributed by atoms with Crippen LogP contribution in [-0.4, -0.2) is 56.1 Å². The number of quaternary nitrogens is 1. The quantitative estimate of drug-likeness (QED) is 0.396. The second kappa shape index (κ2) is 12.0. The Morgan fingerprint density at radius 3 is 2.48 bits per heavy atom. The van der Waals surface area contributed by atoms with E-state index in [1.54, 1.807) is 19.2 Å². The van der Waals surface area contributed by atoms with Gasteiger partial charge < -0.3 is 36.8 Å². The van der Waals surface area contributed by atoms with E-state index in [9.17, 15) is 14.4 Å². The summed E-state index contributed by atoms with van der Waals surface area (Å²) in [7, 11) is 2.98. The molecule has 2 aromatic carbocycles. The first kappa shape index (κ1) is 26.5. The fourth-order valence-electron chi connectivity index (χ4n) is 4.65. The van der Waals surface area contributed by atoms with Crippen LogP contribution < -0.4 is 27.6 Å². The largest absolute Gasteiger partial charge is 1.00 e. The molecule has 7 nitrogen and oxygen atoms in total. The third-order valence-electron chi connectivity index (χ3n) is 6.19. The number of piperidine rings is 1. The molecule has 1 heterocycles. The van der Waals surface area contributed by atoms with Crippen molar-refractivity contribution in [3.63, 3.8) is 0 Å². The van der Waals surface area contributed by atoms with E-state index in [1.807, 2.05) is 31.2 Å². The second-order valence-electron chi connectivity index (χ2n) is 8.54. The molecule has 0 bridgehead atoms. The lowest BCUT2D eigenvalue weighted by molar-refractivity contribution is -0.940. The second-order valence-corrected chi connectivity index (χ2v) is 8.54. The summed E-state index contributed by atoms with van der Waals surface area (Å²) in [6, 6.07) is 15.3. The Balaban J connectivity index is 0.00000385. The highest BCUT2D eigenvalue weighted by molar-refractivity contribution is 6.02. The summed E-state index contributed by atoms with van der Waals surface area (Å²) in [5, 5.41) is 5.72. The smallest absolute Gasteiger partial charge is 0.339 e. The van der Waals surface area contributed by atoms with E-state index in [1.165, 1.54) is 7.11 Å². The molecular weight excluding hydrogens is 486 g/mol. The molecule has 0 spiro atoms. The number of nitrogens with one attached hydrogen (secondary N) is 2. The average molecular weight is 518 g/mol. The number of hydrogen-bond acceptors (Lipinski definition) is 4. The molecule has 178 valence electrons. The van der Waals surface area contributed by atoms with Crippen LogP contribution in [0.25, 0.3) is 0 Å². The number of likely N-dealkylation sites (tertiary alicyclic amines) is 1. The summed E-state index contributed by atoms with van der Waals surface area (Å²) in [4.78, 5) is 37.9. The van der Waals surface area contributed by atoms with Gasteiger partial charge >= 0.3 is 5.97 Å². The van der Waals surface area contributed by atoms with Gasteiger partial charge in [-0.3, -0.25) is 9.59 Å². The summed E-state index contributed by atoms with van der Waals surface area (Å²) in [5.41, 5.74) is 2.72. The standard InChI is InChI=1S/C25H31N3O4.BrH/c1-18-9-7-13-21(25(31)32-3)23(18)27-22(29)17-28(15-19-10-5-4-6-11-19)14-8-12-20(16-28)24(30)26-2;/h4-7,9-11,13,20H,8,12,14-17H2,1-3H3,(H-,26,27,29,30,31);1H. The molecule has 8 heteroatoms. The van der Waals surface area contributed by atoms with Crippen molar-refractivity contribution in [3.8, 4) is 0 Å². The van der Waals surface area contributed by atoms with Gasteiger partial charge in [0.05, 0.1) is 37.4 Å². The topological polar surface area (TPSA) is 84.5 Å². The number of hydrogen-bond donors (Lipinski definition) is 2. The van der Waals surface area contributed by atoms with Crippen molar-refractivity contribution in [2.24, 2.45) is 5.92 Å². The van der Waals surface area contributed by atoms with Gasteiger partial charge in [-0.05, 0) is 31.4 Å². The van der Waals surface area contributed by atoms with Crippen molar-refractivity contribution >= 4 is 23.5 Å². The number of benzene rings is 2. The van der Waals surface area contributed by atoms with Gasteiger partial charge in [-0.15, -0.1) is 0 Å². The third-order valence-corrected chi connectivity index (χ3v) is 6.19. The van der Waals surface area contributed by atoms with Gasteiger partial charge in [-0.1, -0.05) is 42.5 Å². The van der Waals surface area contributed by atoms with Crippen molar-refractivity contribution < 1.29 is 40.6 Å². The minimum absolute atomic E-state index is 0. The van der Waals surface area contributed by atoms with Crippen LogP contribution in [0.5, 0.6) is 0 Å². The highest BCUT2D eigenvalue weighted by Crippen LogP contribution is 2.28. The number of halogens is 1. The Morgan fingerprint density at radius 2 is 1.82 bits per heavy atom. The summed E-state index contributed by atoms with van der Waals surface area (Å²) in [6.45, 7) is 4.14. The molecule has 1 fully saturated rings. The highest BCUT2D eigenvalue weighted by Gasteiger charge is 2.39. The minimum atomic E-state index is -0.491. The molecule has 33 heavy (non-hydrogen) atoms. The van der Waals surface area contributed by atoms with Crippen LogP contribution in [0.2, 0.25) is 0 Å². The predicted molar refractivity (Wildman–Crippen MR) is 123 cm³/mol. The molecule has 2 atom stereocenters. The lowest BCUT2D eigenvalue weighted by Crippen LogP contribution is -3.00. The van der Waals surface area contributed by atoms with Crippen LogP contribution >= 0.6 is 0 Å². The zero-order valence-corrected chi connectivity index (χ0v) is 21.0. The number of ether oxygens (including phenoxy) is 1. The first-order chi connectivity index (χ1) is 15.4. The van der Waals surface area contributed by atoms with Crippen molar-refractivity contribution in [1.29, 1.82) is 0 Å². The van der Waals surface area contributed by atoms with Gasteiger partial charge in [-0.2, -0.15) is 0 Å². The Morgan fingerprint density at radius 1 is 1.09 bits per heavy atom. The van der Waals surface area contributed by atoms with E-state index in [4.69, 9.17) is 4.74 Å². The van der Waals surface area contributed by atoms with Gasteiger partial charge in [0.1, 0.15) is 6.54 Å². The van der Waals surface area contributed by atoms with E-state index in [2.05, 4.69) is 22.8 Å². The Kier molecular flexibility index (Phi) is 9.61. The maximum absolute atomic E-state index is 13.3. The van der Waals surface area contributed by atoms with Crippen LogP contribution in [0.3, 0.4) is 0 Å². The van der Waals surface area contributed by atoms with Crippen molar-refractivity contribution in [1.82, 2.24) is 5.32 Å². The van der Waals surface area contributed by atoms with Crippen LogP contribution in [0.4, 0.5) is 5.69 Å². The Bertz CT molecular complexity index is 983. The Labute approximate surface area is 205 Å². The highest BCUT2D eigenvalue weighted by atomic mass is 79.9. The maximum Gasteiger partial charge on any atom is 0.339 e. The normalized spacial score (nSPS) is 19.7. The average Bonchev–Trinajstić information content (AvgIpc) is 2.80. The van der Waals surface area contributed by atoms with Crippen molar-refractivity contribution in [3.05, 3.63) is 65.2 Å². The lowest BCUT2D eigenvalue weighted by atomic mass is 9.93. The molecule has 0 aromatic heterocycles. The van der Waals surface area contributed by atoms with E-state index >= 15 is 0 Å². The third kappa shape index (κ3) is 6.65. The molecular formula is C25H32BrN3O4. The molecule has 0 radical (unpaired) electrons. The predicted octanol–water partition coefficient (Wildman–Crippen LogP) is -0.103. The van der Waals surface area contributed by atoms with E-state index in [0.29, 0.717) is 28.8 Å². The summed E-state index contributed by atoms with van der Waals surface area (Å²) in [5.74, 6) is -0.783. The zero-order valence-electron chi connectivity index (χ0n) is 19.4. The number of methoxy groups -OCH3 is 1. The molecule has 1 aliphatic heterocycles. The number of rotatable bonds is 7. The molecule has 2 aromatic rings. The van der Waals surface area contributed by atoms with Gasteiger partial charge in [0.25, 0.3) is 5.91 Å². The maximum atomic E-state index is 13.3. The van der Waals surface area contributed by atoms with E-state index in [0.717, 1.165) is 30.5 Å². The van der Waals surface area contributed by atoms with Crippen LogP contribution in [0.1, 0.15) is 34.3 Å². The first-order valence-electron chi connectivity index (χ1n) is 11.0. The lowest BCUT2D eigenvalue weighted by Gasteiger charge is -2.43. The van der Waals surface area contributed by atoms with Crippen LogP contribution in [-0.2, 0) is 20.9 Å². The van der Waals surface area contributed by atoms with E-state index in [-0.39, 0.29) is 41.3 Å². The number of carbonyl (C=O) groups excluding carboxylic acids is 3. The van der Waals surface area contributed by atoms with Gasteiger partial charge in [0, 0.05) is 12.6 Å². The molecule has 2 unspecified atom stereocenters. The first-order valence-corrected chi connectivity index (χ1v) is 11.0. The molecule has 2 amide bonds. The van der Waals surface area contributed by atoms with Gasteiger partial charge in [-0.25, -0.2) is 4.79 Å². The monoisotopic (exact) mass is 517 g/mol. The van der Waals surface area contributed by atoms with Crippen LogP contribution in [0.15, 0.2) is 48.5 Å². The molecule has 0 aliphatic carbocycles.